The Morgan fingerprint density at radius 2 is 2.00 bits per heavy atom. The Kier molecular flexibility index (Phi) is 2.53. The topological polar surface area (TPSA) is 38.8 Å². The molecule has 0 aliphatic carbocycles. The molecule has 0 saturated carbocycles. The molecule has 1 saturated heterocycles. The minimum absolute atomic E-state index is 0.105. The van der Waals surface area contributed by atoms with Crippen LogP contribution in [0.5, 0.6) is 0 Å². The fourth-order valence-corrected chi connectivity index (χ4v) is 1.81. The highest BCUT2D eigenvalue weighted by Crippen LogP contribution is 2.19. The molecule has 0 radical (unpaired) electrons. The van der Waals surface area contributed by atoms with Gasteiger partial charge in [0.15, 0.2) is 0 Å². The van der Waals surface area contributed by atoms with Gasteiger partial charge in [-0.2, -0.15) is 0 Å². The van der Waals surface area contributed by atoms with Crippen LogP contribution in [0, 0.1) is 0 Å². The summed E-state index contributed by atoms with van der Waals surface area (Å²) >= 11 is 0. The maximum Gasteiger partial charge on any atom is 0.338 e. The van der Waals surface area contributed by atoms with Crippen molar-refractivity contribution < 1.29 is 14.3 Å². The monoisotopic (exact) mass is 228 g/mol. The number of hydrogen-bond acceptors (Lipinski definition) is 3. The van der Waals surface area contributed by atoms with Crippen molar-refractivity contribution in [1.82, 2.24) is 0 Å². The second kappa shape index (κ2) is 4.18. The summed E-state index contributed by atoms with van der Waals surface area (Å²) in [7, 11) is 0. The molecule has 2 aromatic carbocycles. The van der Waals surface area contributed by atoms with Crippen molar-refractivity contribution >= 4 is 16.7 Å². The zero-order valence-electron chi connectivity index (χ0n) is 9.26. The van der Waals surface area contributed by atoms with Gasteiger partial charge in [-0.1, -0.05) is 36.4 Å². The standard InChI is InChI=1S/C14H12O3/c15-14(17-9-11-8-16-11)13-7-3-5-10-4-1-2-6-12(10)13/h1-7,11H,8-9H2. The lowest BCUT2D eigenvalue weighted by atomic mass is 10.1. The van der Waals surface area contributed by atoms with Gasteiger partial charge in [0, 0.05) is 0 Å². The van der Waals surface area contributed by atoms with E-state index >= 15 is 0 Å². The lowest BCUT2D eigenvalue weighted by Gasteiger charge is -2.06. The fourth-order valence-electron chi connectivity index (χ4n) is 1.81. The van der Waals surface area contributed by atoms with Gasteiger partial charge >= 0.3 is 5.97 Å². The third kappa shape index (κ3) is 2.15. The van der Waals surface area contributed by atoms with Crippen molar-refractivity contribution in [2.24, 2.45) is 0 Å². The van der Waals surface area contributed by atoms with E-state index in [1.54, 1.807) is 6.07 Å². The van der Waals surface area contributed by atoms with Crippen molar-refractivity contribution in [3.63, 3.8) is 0 Å². The van der Waals surface area contributed by atoms with E-state index in [0.29, 0.717) is 18.8 Å². The largest absolute Gasteiger partial charge is 0.459 e. The Labute approximate surface area is 99.0 Å². The second-order valence-electron chi connectivity index (χ2n) is 4.08. The van der Waals surface area contributed by atoms with Crippen LogP contribution >= 0.6 is 0 Å². The van der Waals surface area contributed by atoms with E-state index in [4.69, 9.17) is 9.47 Å². The number of hydrogen-bond donors (Lipinski definition) is 0. The summed E-state index contributed by atoms with van der Waals surface area (Å²) in [6.45, 7) is 1.05. The van der Waals surface area contributed by atoms with Crippen molar-refractivity contribution in [2.75, 3.05) is 13.2 Å². The van der Waals surface area contributed by atoms with E-state index in [2.05, 4.69) is 0 Å². The zero-order valence-corrected chi connectivity index (χ0v) is 9.26. The van der Waals surface area contributed by atoms with E-state index in [-0.39, 0.29) is 12.1 Å². The molecule has 3 rings (SSSR count). The molecule has 0 aromatic heterocycles. The molecule has 0 amide bonds. The molecule has 17 heavy (non-hydrogen) atoms. The number of esters is 1. The van der Waals surface area contributed by atoms with Crippen LogP contribution in [0.15, 0.2) is 42.5 Å². The van der Waals surface area contributed by atoms with Crippen LogP contribution in [0.2, 0.25) is 0 Å². The van der Waals surface area contributed by atoms with E-state index in [0.717, 1.165) is 10.8 Å². The van der Waals surface area contributed by atoms with Crippen molar-refractivity contribution in [2.45, 2.75) is 6.10 Å². The number of carbonyl (C=O) groups is 1. The zero-order chi connectivity index (χ0) is 11.7. The molecule has 0 bridgehead atoms. The van der Waals surface area contributed by atoms with Gasteiger partial charge in [-0.25, -0.2) is 4.79 Å². The number of rotatable bonds is 3. The molecule has 3 nitrogen and oxygen atoms in total. The second-order valence-corrected chi connectivity index (χ2v) is 4.08. The van der Waals surface area contributed by atoms with Crippen LogP contribution in [-0.4, -0.2) is 25.3 Å². The Balaban J connectivity index is 1.89. The van der Waals surface area contributed by atoms with Crippen molar-refractivity contribution in [3.8, 4) is 0 Å². The maximum atomic E-state index is 11.9. The van der Waals surface area contributed by atoms with Gasteiger partial charge in [0.05, 0.1) is 12.2 Å². The Morgan fingerprint density at radius 1 is 1.24 bits per heavy atom. The summed E-state index contributed by atoms with van der Waals surface area (Å²) in [5, 5.41) is 1.97. The van der Waals surface area contributed by atoms with Crippen LogP contribution in [-0.2, 0) is 9.47 Å². The first-order valence-electron chi connectivity index (χ1n) is 5.61. The van der Waals surface area contributed by atoms with Gasteiger partial charge in [0.25, 0.3) is 0 Å². The number of carbonyl (C=O) groups excluding carboxylic acids is 1. The normalized spacial score (nSPS) is 18.0. The quantitative estimate of drug-likeness (QED) is 0.598. The highest BCUT2D eigenvalue weighted by atomic mass is 16.6. The fraction of sp³-hybridized carbons (Fsp3) is 0.214. The Morgan fingerprint density at radius 3 is 2.82 bits per heavy atom. The van der Waals surface area contributed by atoms with Crippen LogP contribution < -0.4 is 0 Å². The first kappa shape index (κ1) is 10.3. The lowest BCUT2D eigenvalue weighted by Crippen LogP contribution is -2.10. The van der Waals surface area contributed by atoms with Crippen LogP contribution in [0.4, 0.5) is 0 Å². The number of epoxide rings is 1. The third-order valence-corrected chi connectivity index (χ3v) is 2.81. The minimum Gasteiger partial charge on any atom is -0.459 e. The maximum absolute atomic E-state index is 11.9. The summed E-state index contributed by atoms with van der Waals surface area (Å²) < 4.78 is 10.2. The predicted molar refractivity (Wildman–Crippen MR) is 64.0 cm³/mol. The highest BCUT2D eigenvalue weighted by Gasteiger charge is 2.24. The van der Waals surface area contributed by atoms with Crippen molar-refractivity contribution in [1.29, 1.82) is 0 Å². The molecule has 1 atom stereocenters. The molecule has 0 spiro atoms. The summed E-state index contributed by atoms with van der Waals surface area (Å²) in [6, 6.07) is 13.4. The first-order valence-corrected chi connectivity index (χ1v) is 5.61. The molecule has 3 heteroatoms. The molecule has 0 N–H and O–H groups in total. The Bertz CT molecular complexity index is 553. The van der Waals surface area contributed by atoms with Gasteiger partial charge in [-0.3, -0.25) is 0 Å². The first-order chi connectivity index (χ1) is 8.34. The summed E-state index contributed by atoms with van der Waals surface area (Å²) in [5.74, 6) is -0.280. The predicted octanol–water partition coefficient (Wildman–Crippen LogP) is 2.40. The van der Waals surface area contributed by atoms with E-state index in [9.17, 15) is 4.79 Å². The lowest BCUT2D eigenvalue weighted by molar-refractivity contribution is 0.0479. The smallest absolute Gasteiger partial charge is 0.338 e. The summed E-state index contributed by atoms with van der Waals surface area (Å²) in [5.41, 5.74) is 0.615. The van der Waals surface area contributed by atoms with E-state index in [1.807, 2.05) is 36.4 Å². The van der Waals surface area contributed by atoms with Crippen LogP contribution in [0.25, 0.3) is 10.8 Å². The molecular formula is C14H12O3. The molecular weight excluding hydrogens is 216 g/mol. The number of ether oxygens (including phenoxy) is 2. The molecule has 1 aliphatic rings. The Hall–Kier alpha value is -1.87. The molecule has 1 fully saturated rings. The van der Waals surface area contributed by atoms with E-state index < -0.39 is 0 Å². The number of benzene rings is 2. The van der Waals surface area contributed by atoms with Gasteiger partial charge in [0.1, 0.15) is 12.7 Å². The molecule has 1 heterocycles. The average molecular weight is 228 g/mol. The summed E-state index contributed by atoms with van der Waals surface area (Å²) in [4.78, 5) is 11.9. The van der Waals surface area contributed by atoms with Gasteiger partial charge in [0.2, 0.25) is 0 Å². The molecule has 2 aromatic rings. The third-order valence-electron chi connectivity index (χ3n) is 2.81. The van der Waals surface area contributed by atoms with Crippen LogP contribution in [0.1, 0.15) is 10.4 Å². The van der Waals surface area contributed by atoms with E-state index in [1.165, 1.54) is 0 Å². The SMILES string of the molecule is O=C(OCC1CO1)c1cccc2ccccc12. The van der Waals surface area contributed by atoms with Crippen molar-refractivity contribution in [3.05, 3.63) is 48.0 Å². The molecule has 1 unspecified atom stereocenters. The van der Waals surface area contributed by atoms with Gasteiger partial charge in [-0.15, -0.1) is 0 Å². The summed E-state index contributed by atoms with van der Waals surface area (Å²) in [6.07, 6.45) is 0.105. The average Bonchev–Trinajstić information content (AvgIpc) is 3.19. The van der Waals surface area contributed by atoms with Crippen LogP contribution in [0.3, 0.4) is 0 Å². The number of fused-ring (bicyclic) bond motifs is 1. The highest BCUT2D eigenvalue weighted by molar-refractivity contribution is 6.04. The van der Waals surface area contributed by atoms with Gasteiger partial charge < -0.3 is 9.47 Å². The minimum atomic E-state index is -0.280. The van der Waals surface area contributed by atoms with Gasteiger partial charge in [-0.05, 0) is 16.8 Å². The molecule has 1 aliphatic heterocycles. The molecule has 86 valence electrons.